The Hall–Kier alpha value is -2.58. The molecule has 2 aliphatic rings. The molecule has 2 unspecified atom stereocenters. The molecule has 2 atom stereocenters. The molecule has 3 N–H and O–H groups in total. The highest BCUT2D eigenvalue weighted by Crippen LogP contribution is 2.37. The molecule has 2 aliphatic heterocycles. The van der Waals surface area contributed by atoms with Crippen molar-refractivity contribution < 1.29 is 24.2 Å². The smallest absolute Gasteiger partial charge is 0.246 e. The van der Waals surface area contributed by atoms with Crippen LogP contribution in [0.25, 0.3) is 6.08 Å². The highest BCUT2D eigenvalue weighted by molar-refractivity contribution is 5.93. The molecule has 0 radical (unpaired) electrons. The Balaban J connectivity index is 1.68. The Labute approximate surface area is 183 Å². The first-order valence-corrected chi connectivity index (χ1v) is 10.9. The number of carbonyl (C=O) groups excluding carboxylic acids is 2. The maximum absolute atomic E-state index is 12.9. The number of methoxy groups -OCH3 is 2. The lowest BCUT2D eigenvalue weighted by Crippen LogP contribution is -2.54. The number of aromatic hydroxyl groups is 1. The first-order chi connectivity index (χ1) is 15.0. The summed E-state index contributed by atoms with van der Waals surface area (Å²) in [5.41, 5.74) is 0.675. The average molecular weight is 432 g/mol. The summed E-state index contributed by atoms with van der Waals surface area (Å²) in [6.45, 7) is 3.74. The molecule has 2 heterocycles. The molecular formula is C23H33N3O5. The largest absolute Gasteiger partial charge is 0.502 e. The van der Waals surface area contributed by atoms with E-state index < -0.39 is 0 Å². The van der Waals surface area contributed by atoms with Crippen LogP contribution >= 0.6 is 0 Å². The van der Waals surface area contributed by atoms with E-state index in [2.05, 4.69) is 10.6 Å². The first kappa shape index (κ1) is 23.1. The summed E-state index contributed by atoms with van der Waals surface area (Å²) in [4.78, 5) is 27.6. The molecule has 2 fully saturated rings. The Bertz CT molecular complexity index is 777. The number of benzene rings is 1. The van der Waals surface area contributed by atoms with Gasteiger partial charge in [-0.25, -0.2) is 0 Å². The SMILES string of the molecule is COc1cc(C=CC(=O)N2CCNCC2CC(=O)C2CCCNCC2)cc(OC)c1O. The van der Waals surface area contributed by atoms with E-state index in [1.54, 1.807) is 23.1 Å². The minimum atomic E-state index is -0.140. The fraction of sp³-hybridized carbons (Fsp3) is 0.565. The molecule has 8 nitrogen and oxygen atoms in total. The minimum absolute atomic E-state index is 0.0807. The van der Waals surface area contributed by atoms with Gasteiger partial charge in [-0.15, -0.1) is 0 Å². The van der Waals surface area contributed by atoms with Crippen LogP contribution in [-0.4, -0.2) is 74.7 Å². The second-order valence-corrected chi connectivity index (χ2v) is 8.05. The number of phenols is 1. The molecule has 0 aliphatic carbocycles. The van der Waals surface area contributed by atoms with Gasteiger partial charge in [0.1, 0.15) is 5.78 Å². The summed E-state index contributed by atoms with van der Waals surface area (Å²) in [5.74, 6) is 0.675. The molecule has 0 aromatic heterocycles. The Morgan fingerprint density at radius 3 is 2.58 bits per heavy atom. The lowest BCUT2D eigenvalue weighted by atomic mass is 9.91. The summed E-state index contributed by atoms with van der Waals surface area (Å²) >= 11 is 0. The number of phenolic OH excluding ortho intramolecular Hbond substituents is 1. The molecule has 0 spiro atoms. The zero-order valence-corrected chi connectivity index (χ0v) is 18.4. The van der Waals surface area contributed by atoms with Crippen LogP contribution in [0.2, 0.25) is 0 Å². The van der Waals surface area contributed by atoms with E-state index in [-0.39, 0.29) is 40.9 Å². The number of carbonyl (C=O) groups is 2. The third-order valence-electron chi connectivity index (χ3n) is 6.02. The monoisotopic (exact) mass is 431 g/mol. The normalized spacial score (nSPS) is 22.2. The Morgan fingerprint density at radius 1 is 1.13 bits per heavy atom. The number of hydrogen-bond acceptors (Lipinski definition) is 7. The van der Waals surface area contributed by atoms with Crippen molar-refractivity contribution in [3.63, 3.8) is 0 Å². The van der Waals surface area contributed by atoms with Crippen LogP contribution in [0.15, 0.2) is 18.2 Å². The summed E-state index contributed by atoms with van der Waals surface area (Å²) < 4.78 is 10.3. The fourth-order valence-electron chi connectivity index (χ4n) is 4.25. The van der Waals surface area contributed by atoms with Crippen LogP contribution in [-0.2, 0) is 9.59 Å². The second-order valence-electron chi connectivity index (χ2n) is 8.05. The van der Waals surface area contributed by atoms with Crippen molar-refractivity contribution in [1.29, 1.82) is 0 Å². The third-order valence-corrected chi connectivity index (χ3v) is 6.02. The van der Waals surface area contributed by atoms with Crippen molar-refractivity contribution in [3.05, 3.63) is 23.8 Å². The molecule has 3 rings (SSSR count). The standard InChI is InChI=1S/C23H33N3O5/c1-30-20-12-16(13-21(31-2)23(20)29)5-6-22(28)26-11-10-25-15-18(26)14-19(27)17-4-3-8-24-9-7-17/h5-6,12-13,17-18,24-25,29H,3-4,7-11,14-15H2,1-2H3. The number of hydrogen-bond donors (Lipinski definition) is 3. The molecular weight excluding hydrogens is 398 g/mol. The van der Waals surface area contributed by atoms with E-state index in [1.807, 2.05) is 0 Å². The van der Waals surface area contributed by atoms with Gasteiger partial charge in [0.05, 0.1) is 20.3 Å². The van der Waals surface area contributed by atoms with E-state index >= 15 is 0 Å². The van der Waals surface area contributed by atoms with Gasteiger partial charge in [0.15, 0.2) is 11.5 Å². The molecule has 0 bridgehead atoms. The van der Waals surface area contributed by atoms with E-state index in [9.17, 15) is 14.7 Å². The van der Waals surface area contributed by atoms with Crippen LogP contribution < -0.4 is 20.1 Å². The molecule has 8 heteroatoms. The number of ether oxygens (including phenoxy) is 2. The van der Waals surface area contributed by atoms with Gasteiger partial charge in [0.25, 0.3) is 0 Å². The zero-order chi connectivity index (χ0) is 22.2. The van der Waals surface area contributed by atoms with Gasteiger partial charge in [0, 0.05) is 38.0 Å². The maximum Gasteiger partial charge on any atom is 0.246 e. The van der Waals surface area contributed by atoms with Crippen molar-refractivity contribution >= 4 is 17.8 Å². The van der Waals surface area contributed by atoms with E-state index in [0.717, 1.165) is 32.4 Å². The molecule has 1 aromatic carbocycles. The molecule has 170 valence electrons. The first-order valence-electron chi connectivity index (χ1n) is 10.9. The van der Waals surface area contributed by atoms with Gasteiger partial charge < -0.3 is 30.1 Å². The van der Waals surface area contributed by atoms with Gasteiger partial charge >= 0.3 is 0 Å². The lowest BCUT2D eigenvalue weighted by Gasteiger charge is -2.36. The Kier molecular flexibility index (Phi) is 8.31. The number of piperazine rings is 1. The van der Waals surface area contributed by atoms with Gasteiger partial charge in [-0.2, -0.15) is 0 Å². The van der Waals surface area contributed by atoms with E-state index in [0.29, 0.717) is 31.6 Å². The number of nitrogens with zero attached hydrogens (tertiary/aromatic N) is 1. The predicted molar refractivity (Wildman–Crippen MR) is 118 cm³/mol. The van der Waals surface area contributed by atoms with Crippen LogP contribution in [0.1, 0.15) is 31.2 Å². The summed E-state index contributed by atoms with van der Waals surface area (Å²) in [6.07, 6.45) is 6.37. The highest BCUT2D eigenvalue weighted by atomic mass is 16.5. The zero-order valence-electron chi connectivity index (χ0n) is 18.4. The average Bonchev–Trinajstić information content (AvgIpc) is 3.08. The third kappa shape index (κ3) is 5.98. The van der Waals surface area contributed by atoms with Crippen LogP contribution in [0.4, 0.5) is 0 Å². The maximum atomic E-state index is 12.9. The lowest BCUT2D eigenvalue weighted by molar-refractivity contribution is -0.131. The second kappa shape index (κ2) is 11.2. The fourth-order valence-corrected chi connectivity index (χ4v) is 4.25. The van der Waals surface area contributed by atoms with Gasteiger partial charge in [-0.05, 0) is 56.1 Å². The van der Waals surface area contributed by atoms with Gasteiger partial charge in [-0.3, -0.25) is 9.59 Å². The van der Waals surface area contributed by atoms with Crippen molar-refractivity contribution in [3.8, 4) is 17.2 Å². The number of nitrogens with one attached hydrogen (secondary N) is 2. The summed E-state index contributed by atoms with van der Waals surface area (Å²) in [7, 11) is 2.92. The molecule has 0 saturated carbocycles. The number of rotatable bonds is 7. The van der Waals surface area contributed by atoms with Crippen molar-refractivity contribution in [2.24, 2.45) is 5.92 Å². The van der Waals surface area contributed by atoms with Crippen LogP contribution in [0.5, 0.6) is 17.2 Å². The molecule has 31 heavy (non-hydrogen) atoms. The molecule has 1 amide bonds. The quantitative estimate of drug-likeness (QED) is 0.564. The minimum Gasteiger partial charge on any atom is -0.502 e. The molecule has 2 saturated heterocycles. The van der Waals surface area contributed by atoms with Crippen molar-refractivity contribution in [1.82, 2.24) is 15.5 Å². The topological polar surface area (TPSA) is 100 Å². The predicted octanol–water partition coefficient (Wildman–Crippen LogP) is 1.57. The van der Waals surface area contributed by atoms with E-state index in [1.165, 1.54) is 20.3 Å². The summed E-state index contributed by atoms with van der Waals surface area (Å²) in [6, 6.07) is 3.14. The van der Waals surface area contributed by atoms with Gasteiger partial charge in [0.2, 0.25) is 11.7 Å². The summed E-state index contributed by atoms with van der Waals surface area (Å²) in [5, 5.41) is 16.7. The Morgan fingerprint density at radius 2 is 1.87 bits per heavy atom. The van der Waals surface area contributed by atoms with Gasteiger partial charge in [-0.1, -0.05) is 0 Å². The molecule has 1 aromatic rings. The number of Topliss-reactive ketones (excluding diaryl/α,β-unsaturated/α-hetero) is 1. The van der Waals surface area contributed by atoms with E-state index in [4.69, 9.17) is 9.47 Å². The van der Waals surface area contributed by atoms with Crippen LogP contribution in [0, 0.1) is 5.92 Å². The van der Waals surface area contributed by atoms with Crippen molar-refractivity contribution in [2.75, 3.05) is 46.9 Å². The van der Waals surface area contributed by atoms with Crippen molar-refractivity contribution in [2.45, 2.75) is 31.7 Å². The number of ketones is 1. The highest BCUT2D eigenvalue weighted by Gasteiger charge is 2.30. The van der Waals surface area contributed by atoms with Crippen LogP contribution in [0.3, 0.4) is 0 Å². The number of amides is 1.